The molecule has 1 aromatic heterocycles. The second-order valence-corrected chi connectivity index (χ2v) is 8.09. The Morgan fingerprint density at radius 2 is 1.94 bits per heavy atom. The Balaban J connectivity index is 1.54. The van der Waals surface area contributed by atoms with E-state index in [1.165, 1.54) is 17.4 Å². The lowest BCUT2D eigenvalue weighted by atomic mass is 10.2. The Labute approximate surface area is 196 Å². The lowest BCUT2D eigenvalue weighted by molar-refractivity contribution is -0.132. The van der Waals surface area contributed by atoms with Gasteiger partial charge in [-0.1, -0.05) is 30.3 Å². The lowest BCUT2D eigenvalue weighted by Gasteiger charge is -2.25. The van der Waals surface area contributed by atoms with Crippen LogP contribution < -0.4 is 4.74 Å². The minimum atomic E-state index is -0.527. The van der Waals surface area contributed by atoms with Crippen LogP contribution >= 0.6 is 0 Å². The van der Waals surface area contributed by atoms with Gasteiger partial charge in [-0.05, 0) is 30.7 Å². The standard InChI is InChI=1S/C25H26FN3O5/c1-17-24(27-16-34-17)25(31)29-13-21(33-15-19-5-3-4-6-22(19)26)12-28(23(30)14-29)11-18-7-9-20(32-2)10-8-18/h3-10,16,21H,11-15H2,1-2H3. The number of halogens is 1. The zero-order chi connectivity index (χ0) is 24.1. The van der Waals surface area contributed by atoms with Crippen LogP contribution in [0.4, 0.5) is 4.39 Å². The van der Waals surface area contributed by atoms with Gasteiger partial charge in [-0.2, -0.15) is 0 Å². The normalized spacial score (nSPS) is 16.4. The van der Waals surface area contributed by atoms with E-state index in [1.807, 2.05) is 24.3 Å². The number of amides is 2. The van der Waals surface area contributed by atoms with E-state index < -0.39 is 12.0 Å². The SMILES string of the molecule is COc1ccc(CN2CC(OCc3ccccc3F)CN(C(=O)c3ncoc3C)CC2=O)cc1. The number of benzene rings is 2. The quantitative estimate of drug-likeness (QED) is 0.531. The fourth-order valence-corrected chi connectivity index (χ4v) is 3.83. The summed E-state index contributed by atoms with van der Waals surface area (Å²) in [5.74, 6) is 0.0959. The van der Waals surface area contributed by atoms with Crippen molar-refractivity contribution in [3.63, 3.8) is 0 Å². The number of oxazole rings is 1. The summed E-state index contributed by atoms with van der Waals surface area (Å²) < 4.78 is 30.5. The number of rotatable bonds is 7. The number of nitrogens with zero attached hydrogens (tertiary/aromatic N) is 3. The van der Waals surface area contributed by atoms with Crippen molar-refractivity contribution in [3.8, 4) is 5.75 Å². The molecule has 1 aliphatic heterocycles. The van der Waals surface area contributed by atoms with Crippen LogP contribution in [0.3, 0.4) is 0 Å². The Kier molecular flexibility index (Phi) is 7.22. The molecular formula is C25H26FN3O5. The van der Waals surface area contributed by atoms with Gasteiger partial charge in [0, 0.05) is 25.2 Å². The van der Waals surface area contributed by atoms with Gasteiger partial charge >= 0.3 is 0 Å². The van der Waals surface area contributed by atoms with Crippen molar-refractivity contribution in [1.29, 1.82) is 0 Å². The van der Waals surface area contributed by atoms with Crippen LogP contribution in [0.5, 0.6) is 5.75 Å². The molecule has 0 spiro atoms. The van der Waals surface area contributed by atoms with Gasteiger partial charge in [0.15, 0.2) is 12.1 Å². The number of methoxy groups -OCH3 is 1. The molecule has 1 saturated heterocycles. The molecule has 3 aromatic rings. The molecule has 0 bridgehead atoms. The third-order valence-corrected chi connectivity index (χ3v) is 5.73. The van der Waals surface area contributed by atoms with Crippen molar-refractivity contribution in [2.24, 2.45) is 0 Å². The maximum absolute atomic E-state index is 14.1. The van der Waals surface area contributed by atoms with Gasteiger partial charge in [0.1, 0.15) is 23.9 Å². The first kappa shape index (κ1) is 23.4. The number of carbonyl (C=O) groups is 2. The smallest absolute Gasteiger partial charge is 0.276 e. The highest BCUT2D eigenvalue weighted by Crippen LogP contribution is 2.19. The highest BCUT2D eigenvalue weighted by molar-refractivity contribution is 5.95. The van der Waals surface area contributed by atoms with Gasteiger partial charge in [0.05, 0.1) is 19.8 Å². The van der Waals surface area contributed by atoms with Gasteiger partial charge < -0.3 is 23.7 Å². The van der Waals surface area contributed by atoms with E-state index in [1.54, 1.807) is 37.1 Å². The predicted molar refractivity (Wildman–Crippen MR) is 121 cm³/mol. The van der Waals surface area contributed by atoms with Crippen LogP contribution in [0.15, 0.2) is 59.3 Å². The molecule has 1 aliphatic rings. The summed E-state index contributed by atoms with van der Waals surface area (Å²) in [5.41, 5.74) is 1.48. The first-order valence-corrected chi connectivity index (χ1v) is 10.9. The molecule has 2 heterocycles. The molecule has 8 nitrogen and oxygen atoms in total. The molecule has 1 fully saturated rings. The van der Waals surface area contributed by atoms with E-state index in [2.05, 4.69) is 4.98 Å². The van der Waals surface area contributed by atoms with E-state index in [0.717, 1.165) is 11.3 Å². The highest BCUT2D eigenvalue weighted by atomic mass is 19.1. The maximum atomic E-state index is 14.1. The molecular weight excluding hydrogens is 441 g/mol. The zero-order valence-electron chi connectivity index (χ0n) is 19.1. The summed E-state index contributed by atoms with van der Waals surface area (Å²) >= 11 is 0. The summed E-state index contributed by atoms with van der Waals surface area (Å²) in [4.78, 5) is 33.3. The van der Waals surface area contributed by atoms with Gasteiger partial charge in [-0.25, -0.2) is 9.37 Å². The second kappa shape index (κ2) is 10.5. The molecule has 178 valence electrons. The highest BCUT2D eigenvalue weighted by Gasteiger charge is 2.33. The van der Waals surface area contributed by atoms with Crippen molar-refractivity contribution >= 4 is 11.8 Å². The van der Waals surface area contributed by atoms with Crippen molar-refractivity contribution in [2.75, 3.05) is 26.7 Å². The first-order valence-electron chi connectivity index (χ1n) is 10.9. The first-order chi connectivity index (χ1) is 16.4. The fraction of sp³-hybridized carbons (Fsp3) is 0.320. The molecule has 1 atom stereocenters. The van der Waals surface area contributed by atoms with Gasteiger partial charge in [0.2, 0.25) is 5.91 Å². The van der Waals surface area contributed by atoms with Crippen LogP contribution in [0.2, 0.25) is 0 Å². The van der Waals surface area contributed by atoms with Crippen molar-refractivity contribution < 1.29 is 27.9 Å². The minimum absolute atomic E-state index is 0.0208. The average molecular weight is 467 g/mol. The van der Waals surface area contributed by atoms with Gasteiger partial charge in [0.25, 0.3) is 5.91 Å². The van der Waals surface area contributed by atoms with E-state index >= 15 is 0 Å². The molecule has 2 aromatic carbocycles. The van der Waals surface area contributed by atoms with Crippen molar-refractivity contribution in [2.45, 2.75) is 26.2 Å². The minimum Gasteiger partial charge on any atom is -0.497 e. The molecule has 34 heavy (non-hydrogen) atoms. The van der Waals surface area contributed by atoms with Crippen LogP contribution in [-0.4, -0.2) is 59.4 Å². The third-order valence-electron chi connectivity index (χ3n) is 5.73. The largest absolute Gasteiger partial charge is 0.497 e. The molecule has 1 unspecified atom stereocenters. The summed E-state index contributed by atoms with van der Waals surface area (Å²) in [5, 5.41) is 0. The van der Waals surface area contributed by atoms with Gasteiger partial charge in [-0.15, -0.1) is 0 Å². The van der Waals surface area contributed by atoms with Gasteiger partial charge in [-0.3, -0.25) is 9.59 Å². The van der Waals surface area contributed by atoms with E-state index in [4.69, 9.17) is 13.9 Å². The summed E-state index contributed by atoms with van der Waals surface area (Å²) in [6, 6.07) is 13.8. The molecule has 0 N–H and O–H groups in total. The maximum Gasteiger partial charge on any atom is 0.276 e. The van der Waals surface area contributed by atoms with E-state index in [-0.39, 0.29) is 43.7 Å². The van der Waals surface area contributed by atoms with Crippen molar-refractivity contribution in [1.82, 2.24) is 14.8 Å². The lowest BCUT2D eigenvalue weighted by Crippen LogP contribution is -2.40. The predicted octanol–water partition coefficient (Wildman–Crippen LogP) is 3.20. The Morgan fingerprint density at radius 1 is 1.18 bits per heavy atom. The Morgan fingerprint density at radius 3 is 2.62 bits per heavy atom. The Hall–Kier alpha value is -3.72. The monoisotopic (exact) mass is 467 g/mol. The third kappa shape index (κ3) is 5.43. The molecule has 0 aliphatic carbocycles. The number of hydrogen-bond acceptors (Lipinski definition) is 6. The van der Waals surface area contributed by atoms with Crippen LogP contribution in [-0.2, 0) is 22.7 Å². The van der Waals surface area contributed by atoms with E-state index in [9.17, 15) is 14.0 Å². The zero-order valence-corrected chi connectivity index (χ0v) is 19.1. The number of aryl methyl sites for hydroxylation is 1. The summed E-state index contributed by atoms with van der Waals surface area (Å²) in [6.07, 6.45) is 0.671. The number of aromatic nitrogens is 1. The number of hydrogen-bond donors (Lipinski definition) is 0. The Bertz CT molecular complexity index is 1150. The molecule has 4 rings (SSSR count). The van der Waals surface area contributed by atoms with Crippen molar-refractivity contribution in [3.05, 3.63) is 83.3 Å². The summed E-state index contributed by atoms with van der Waals surface area (Å²) in [7, 11) is 1.59. The second-order valence-electron chi connectivity index (χ2n) is 8.09. The fourth-order valence-electron chi connectivity index (χ4n) is 3.83. The van der Waals surface area contributed by atoms with Crippen LogP contribution in [0.1, 0.15) is 27.4 Å². The van der Waals surface area contributed by atoms with Crippen LogP contribution in [0.25, 0.3) is 0 Å². The molecule has 2 amide bonds. The molecule has 0 radical (unpaired) electrons. The summed E-state index contributed by atoms with van der Waals surface area (Å²) in [6.45, 7) is 2.29. The average Bonchev–Trinajstić information content (AvgIpc) is 3.21. The number of carbonyl (C=O) groups excluding carboxylic acids is 2. The topological polar surface area (TPSA) is 85.1 Å². The van der Waals surface area contributed by atoms with E-state index in [0.29, 0.717) is 17.9 Å². The number of ether oxygens (including phenoxy) is 2. The van der Waals surface area contributed by atoms with Crippen LogP contribution in [0, 0.1) is 12.7 Å². The molecule has 0 saturated carbocycles. The molecule has 9 heteroatoms.